The van der Waals surface area contributed by atoms with Gasteiger partial charge in [0.2, 0.25) is 0 Å². The molecule has 0 aromatic rings. The fraction of sp³-hybridized carbons (Fsp3) is 0. The monoisotopic (exact) mass is 146 g/mol. The summed E-state index contributed by atoms with van der Waals surface area (Å²) in [5, 5.41) is 0. The third-order valence-corrected chi connectivity index (χ3v) is 0. The first-order chi connectivity index (χ1) is 2.00. The molecule has 0 amide bonds. The molecule has 0 aliphatic rings. The van der Waals surface area contributed by atoms with Crippen molar-refractivity contribution < 1.29 is 28.7 Å². The van der Waals surface area contributed by atoms with Crippen LogP contribution in [0.15, 0.2) is 0 Å². The van der Waals surface area contributed by atoms with E-state index in [2.05, 4.69) is 0 Å². The molecule has 6 heavy (non-hydrogen) atoms. The molecule has 0 aromatic carbocycles. The Hall–Kier alpha value is 0.646. The molecular formula is H3MgMnO4. The summed E-state index contributed by atoms with van der Waals surface area (Å²) in [5.41, 5.74) is 0. The van der Waals surface area contributed by atoms with Crippen LogP contribution in [-0.2, 0) is 24.5 Å². The summed E-state index contributed by atoms with van der Waals surface area (Å²) < 4.78 is 33.1. The van der Waals surface area contributed by atoms with Gasteiger partial charge in [-0.05, 0) is 0 Å². The first-order valence-electron chi connectivity index (χ1n) is 0.632. The van der Waals surface area contributed by atoms with E-state index in [0.29, 0.717) is 0 Å². The molecule has 0 rings (SSSR count). The van der Waals surface area contributed by atoms with Crippen molar-refractivity contribution in [2.24, 2.45) is 0 Å². The Kier molecular flexibility index (Phi) is 4.51. The molecule has 0 spiro atoms. The molecule has 0 radical (unpaired) electrons. The van der Waals surface area contributed by atoms with Crippen LogP contribution in [-0.4, -0.2) is 27.2 Å². The Morgan fingerprint density at radius 3 is 1.17 bits per heavy atom. The van der Waals surface area contributed by atoms with Crippen LogP contribution < -0.4 is 0 Å². The van der Waals surface area contributed by atoms with E-state index in [1.54, 1.807) is 0 Å². The molecular weight excluding hydrogens is 143 g/mol. The summed E-state index contributed by atoms with van der Waals surface area (Å²) in [4.78, 5) is 0. The maximum absolute atomic E-state index is 8.69. The van der Waals surface area contributed by atoms with E-state index < -0.39 is 13.0 Å². The Morgan fingerprint density at radius 1 is 1.17 bits per heavy atom. The first kappa shape index (κ1) is 9.81. The fourth-order valence-electron chi connectivity index (χ4n) is 0. The quantitative estimate of drug-likeness (QED) is 0.408. The van der Waals surface area contributed by atoms with Gasteiger partial charge in [-0.25, -0.2) is 0 Å². The average Bonchev–Trinajstić information content (AvgIpc) is 0.722. The zero-order valence-electron chi connectivity index (χ0n) is 2.05. The van der Waals surface area contributed by atoms with Gasteiger partial charge >= 0.3 is 51.7 Å². The Labute approximate surface area is 51.8 Å². The van der Waals surface area contributed by atoms with Crippen LogP contribution in [0.5, 0.6) is 0 Å². The van der Waals surface area contributed by atoms with Crippen molar-refractivity contribution in [1.29, 1.82) is 0 Å². The van der Waals surface area contributed by atoms with E-state index in [9.17, 15) is 0 Å². The topological polar surface area (TPSA) is 71.4 Å². The summed E-state index contributed by atoms with van der Waals surface area (Å²) >= 11 is -5.38. The van der Waals surface area contributed by atoms with Crippen LogP contribution in [0, 0.1) is 0 Å². The minimum absolute atomic E-state index is 0. The van der Waals surface area contributed by atoms with Crippen LogP contribution in [0.25, 0.3) is 0 Å². The van der Waals surface area contributed by atoms with E-state index in [1.807, 2.05) is 0 Å². The van der Waals surface area contributed by atoms with Gasteiger partial charge in [0.15, 0.2) is 0 Å². The van der Waals surface area contributed by atoms with Crippen molar-refractivity contribution in [3.8, 4) is 0 Å². The van der Waals surface area contributed by atoms with E-state index in [1.165, 1.54) is 0 Å². The number of hydrogen-bond acceptors (Lipinski definition) is 3. The van der Waals surface area contributed by atoms with Crippen molar-refractivity contribution in [2.45, 2.75) is 0 Å². The predicted octanol–water partition coefficient (Wildman–Crippen LogP) is -1.83. The molecule has 0 aromatic heterocycles. The van der Waals surface area contributed by atoms with Crippen molar-refractivity contribution in [1.82, 2.24) is 0 Å². The summed E-state index contributed by atoms with van der Waals surface area (Å²) in [6.07, 6.45) is 0. The van der Waals surface area contributed by atoms with E-state index in [4.69, 9.17) is 15.7 Å². The normalized spacial score (nSPS) is 9.50. The number of hydrogen-bond donors (Lipinski definition) is 1. The molecule has 0 saturated heterocycles. The van der Waals surface area contributed by atoms with Gasteiger partial charge in [-0.1, -0.05) is 0 Å². The van der Waals surface area contributed by atoms with Crippen LogP contribution in [0.4, 0.5) is 0 Å². The molecule has 0 atom stereocenters. The predicted molar refractivity (Wildman–Crippen MR) is 12.8 cm³/mol. The Balaban J connectivity index is 0. The van der Waals surface area contributed by atoms with Gasteiger partial charge in [0.25, 0.3) is 0 Å². The Morgan fingerprint density at radius 2 is 1.17 bits per heavy atom. The molecule has 1 N–H and O–H groups in total. The molecule has 36 valence electrons. The second kappa shape index (κ2) is 2.76. The minimum atomic E-state index is -5.38. The van der Waals surface area contributed by atoms with E-state index in [-0.39, 0.29) is 23.1 Å². The maximum atomic E-state index is 8.69. The zero-order valence-corrected chi connectivity index (χ0v) is 3.23. The SMILES string of the molecule is [MgH2].[O]=[Mn](=[O])(=[O])[OH]. The van der Waals surface area contributed by atoms with Gasteiger partial charge < -0.3 is 0 Å². The van der Waals surface area contributed by atoms with Gasteiger partial charge in [0.1, 0.15) is 0 Å². The molecule has 0 heterocycles. The number of rotatable bonds is 0. The molecule has 0 unspecified atom stereocenters. The molecule has 0 aliphatic carbocycles. The summed E-state index contributed by atoms with van der Waals surface area (Å²) in [6, 6.07) is 0. The van der Waals surface area contributed by atoms with Crippen LogP contribution in [0.2, 0.25) is 0 Å². The standard InChI is InChI=1S/Mg.Mn.H2O.3O.2H/h;;1H2;;;;;/q;+1;;;;;;/p-1. The average molecular weight is 146 g/mol. The van der Waals surface area contributed by atoms with Crippen LogP contribution in [0.1, 0.15) is 0 Å². The second-order valence-electron chi connectivity index (χ2n) is 0.396. The molecule has 0 fully saturated rings. The van der Waals surface area contributed by atoms with Crippen LogP contribution in [0.3, 0.4) is 0 Å². The van der Waals surface area contributed by atoms with Crippen molar-refractivity contribution in [3.05, 3.63) is 0 Å². The zero-order chi connectivity index (χ0) is 4.50. The summed E-state index contributed by atoms with van der Waals surface area (Å²) in [6.45, 7) is 0. The van der Waals surface area contributed by atoms with Crippen molar-refractivity contribution >= 4 is 23.1 Å². The van der Waals surface area contributed by atoms with Gasteiger partial charge in [-0.15, -0.1) is 0 Å². The van der Waals surface area contributed by atoms with Crippen molar-refractivity contribution in [2.75, 3.05) is 0 Å². The second-order valence-corrected chi connectivity index (χ2v) is 1.63. The van der Waals surface area contributed by atoms with E-state index in [0.717, 1.165) is 0 Å². The van der Waals surface area contributed by atoms with E-state index >= 15 is 0 Å². The molecule has 0 bridgehead atoms. The third-order valence-electron chi connectivity index (χ3n) is 0. The summed E-state index contributed by atoms with van der Waals surface area (Å²) in [5.74, 6) is 0. The Bertz CT molecular complexity index is 129. The molecule has 0 aliphatic heterocycles. The molecule has 6 heteroatoms. The molecule has 4 nitrogen and oxygen atoms in total. The summed E-state index contributed by atoms with van der Waals surface area (Å²) in [7, 11) is 0. The van der Waals surface area contributed by atoms with Gasteiger partial charge in [-0.2, -0.15) is 0 Å². The van der Waals surface area contributed by atoms with Crippen LogP contribution >= 0.6 is 0 Å². The van der Waals surface area contributed by atoms with Gasteiger partial charge in [0.05, 0.1) is 0 Å². The third kappa shape index (κ3) is 148. The van der Waals surface area contributed by atoms with Gasteiger partial charge in [-0.3, -0.25) is 0 Å². The molecule has 0 saturated carbocycles. The van der Waals surface area contributed by atoms with Crippen molar-refractivity contribution in [3.63, 3.8) is 0 Å². The fourth-order valence-corrected chi connectivity index (χ4v) is 0. The van der Waals surface area contributed by atoms with Gasteiger partial charge in [0, 0.05) is 0 Å². The first-order valence-corrected chi connectivity index (χ1v) is 2.61.